The van der Waals surface area contributed by atoms with Gasteiger partial charge in [0.25, 0.3) is 0 Å². The van der Waals surface area contributed by atoms with Crippen LogP contribution in [0.1, 0.15) is 37.7 Å². The van der Waals surface area contributed by atoms with E-state index in [4.69, 9.17) is 5.73 Å². The first-order valence-corrected chi connectivity index (χ1v) is 8.79. The smallest absolute Gasteiger partial charge is 0.225 e. The molecule has 0 saturated heterocycles. The predicted octanol–water partition coefficient (Wildman–Crippen LogP) is 3.40. The monoisotopic (exact) mass is 354 g/mol. The summed E-state index contributed by atoms with van der Waals surface area (Å²) in [7, 11) is 1.89. The SMILES string of the molecule is CN(CCc1ccc(F)cc1)C(=O)C1CC2CCCC(C1)C2N.Cl. The van der Waals surface area contributed by atoms with Gasteiger partial charge in [-0.3, -0.25) is 4.79 Å². The number of benzene rings is 1. The van der Waals surface area contributed by atoms with Crippen LogP contribution in [0.2, 0.25) is 0 Å². The fourth-order valence-corrected chi connectivity index (χ4v) is 4.36. The average Bonchev–Trinajstić information content (AvgIpc) is 2.53. The Kier molecular flexibility index (Phi) is 6.64. The van der Waals surface area contributed by atoms with E-state index in [0.717, 1.165) is 24.8 Å². The highest BCUT2D eigenvalue weighted by Crippen LogP contribution is 2.42. The Labute approximate surface area is 150 Å². The zero-order valence-corrected chi connectivity index (χ0v) is 15.1. The Morgan fingerprint density at radius 3 is 2.38 bits per heavy atom. The maximum absolute atomic E-state index is 12.9. The van der Waals surface area contributed by atoms with E-state index in [1.807, 2.05) is 11.9 Å². The molecule has 0 heterocycles. The van der Waals surface area contributed by atoms with Crippen molar-refractivity contribution < 1.29 is 9.18 Å². The zero-order valence-electron chi connectivity index (χ0n) is 14.3. The summed E-state index contributed by atoms with van der Waals surface area (Å²) in [5.41, 5.74) is 7.38. The van der Waals surface area contributed by atoms with Gasteiger partial charge in [0, 0.05) is 25.6 Å². The normalized spacial score (nSPS) is 28.8. The van der Waals surface area contributed by atoms with Crippen LogP contribution in [0.4, 0.5) is 4.39 Å². The van der Waals surface area contributed by atoms with Crippen LogP contribution < -0.4 is 5.73 Å². The Hall–Kier alpha value is -1.13. The van der Waals surface area contributed by atoms with E-state index in [-0.39, 0.29) is 30.0 Å². The Bertz CT molecular complexity index is 537. The topological polar surface area (TPSA) is 46.3 Å². The summed E-state index contributed by atoms with van der Waals surface area (Å²) >= 11 is 0. The van der Waals surface area contributed by atoms with Crippen molar-refractivity contribution in [2.24, 2.45) is 23.5 Å². The first-order valence-electron chi connectivity index (χ1n) is 8.79. The molecule has 5 heteroatoms. The molecule has 2 N–H and O–H groups in total. The standard InChI is InChI=1S/C19H27FN2O.ClH/c1-22(10-9-13-5-7-17(20)8-6-13)19(23)16-11-14-3-2-4-15(12-16)18(14)21;/h5-8,14-16,18H,2-4,9-12,21H2,1H3;1H. The van der Waals surface area contributed by atoms with Crippen LogP contribution in [-0.2, 0) is 11.2 Å². The Balaban J connectivity index is 0.00000208. The lowest BCUT2D eigenvalue weighted by Crippen LogP contribution is -2.49. The number of halogens is 2. The third-order valence-corrected chi connectivity index (χ3v) is 5.79. The molecule has 0 aromatic heterocycles. The molecule has 1 aromatic carbocycles. The largest absolute Gasteiger partial charge is 0.345 e. The minimum Gasteiger partial charge on any atom is -0.345 e. The molecule has 3 nitrogen and oxygen atoms in total. The molecule has 1 amide bonds. The van der Waals surface area contributed by atoms with Crippen LogP contribution in [0.3, 0.4) is 0 Å². The predicted molar refractivity (Wildman–Crippen MR) is 96.5 cm³/mol. The summed E-state index contributed by atoms with van der Waals surface area (Å²) in [6.45, 7) is 0.683. The van der Waals surface area contributed by atoms with Crippen LogP contribution in [0, 0.1) is 23.6 Å². The molecule has 2 atom stereocenters. The number of hydrogen-bond donors (Lipinski definition) is 1. The van der Waals surface area contributed by atoms with Gasteiger partial charge >= 0.3 is 0 Å². The molecule has 1 aromatic rings. The lowest BCUT2D eigenvalue weighted by atomic mass is 9.65. The van der Waals surface area contributed by atoms with E-state index in [2.05, 4.69) is 0 Å². The third kappa shape index (κ3) is 4.28. The second-order valence-corrected chi connectivity index (χ2v) is 7.33. The first kappa shape index (κ1) is 19.2. The van der Waals surface area contributed by atoms with Gasteiger partial charge in [0.1, 0.15) is 5.82 Å². The number of carbonyl (C=O) groups excluding carboxylic acids is 1. The highest BCUT2D eigenvalue weighted by atomic mass is 35.5. The summed E-state index contributed by atoms with van der Waals surface area (Å²) < 4.78 is 12.9. The molecule has 2 unspecified atom stereocenters. The van der Waals surface area contributed by atoms with E-state index in [9.17, 15) is 9.18 Å². The first-order chi connectivity index (χ1) is 11.0. The number of nitrogens with two attached hydrogens (primary N) is 1. The van der Waals surface area contributed by atoms with Gasteiger partial charge in [-0.25, -0.2) is 4.39 Å². The van der Waals surface area contributed by atoms with Crippen molar-refractivity contribution in [1.82, 2.24) is 4.90 Å². The number of carbonyl (C=O) groups is 1. The molecule has 134 valence electrons. The Morgan fingerprint density at radius 1 is 1.21 bits per heavy atom. The fraction of sp³-hybridized carbons (Fsp3) is 0.632. The van der Waals surface area contributed by atoms with Crippen LogP contribution in [0.15, 0.2) is 24.3 Å². The van der Waals surface area contributed by atoms with E-state index >= 15 is 0 Å². The van der Waals surface area contributed by atoms with Gasteiger partial charge in [-0.15, -0.1) is 12.4 Å². The van der Waals surface area contributed by atoms with Crippen molar-refractivity contribution >= 4 is 18.3 Å². The molecule has 2 aliphatic rings. The van der Waals surface area contributed by atoms with Gasteiger partial charge in [0.05, 0.1) is 0 Å². The second-order valence-electron chi connectivity index (χ2n) is 7.33. The van der Waals surface area contributed by atoms with Crippen molar-refractivity contribution in [2.75, 3.05) is 13.6 Å². The van der Waals surface area contributed by atoms with Crippen molar-refractivity contribution in [3.8, 4) is 0 Å². The van der Waals surface area contributed by atoms with Crippen molar-refractivity contribution in [3.05, 3.63) is 35.6 Å². The number of nitrogens with zero attached hydrogens (tertiary/aromatic N) is 1. The molecule has 0 radical (unpaired) electrons. The lowest BCUT2D eigenvalue weighted by molar-refractivity contribution is -0.137. The zero-order chi connectivity index (χ0) is 16.4. The molecule has 3 rings (SSSR count). The highest BCUT2D eigenvalue weighted by Gasteiger charge is 2.41. The molecule has 0 aliphatic heterocycles. The summed E-state index contributed by atoms with van der Waals surface area (Å²) in [5, 5.41) is 0. The number of likely N-dealkylation sites (N-methyl/N-ethyl adjacent to an activating group) is 1. The van der Waals surface area contributed by atoms with Crippen LogP contribution in [0.5, 0.6) is 0 Å². The van der Waals surface area contributed by atoms with E-state index in [1.54, 1.807) is 12.1 Å². The number of amides is 1. The quantitative estimate of drug-likeness (QED) is 0.900. The highest BCUT2D eigenvalue weighted by molar-refractivity contribution is 5.85. The summed E-state index contributed by atoms with van der Waals surface area (Å²) in [6, 6.07) is 6.83. The van der Waals surface area contributed by atoms with Crippen LogP contribution in [-0.4, -0.2) is 30.4 Å². The number of rotatable bonds is 4. The molecular formula is C19H28ClFN2O. The maximum Gasteiger partial charge on any atom is 0.225 e. The van der Waals surface area contributed by atoms with Gasteiger partial charge in [-0.2, -0.15) is 0 Å². The minimum atomic E-state index is -0.219. The molecule has 2 fully saturated rings. The molecule has 2 saturated carbocycles. The van der Waals surface area contributed by atoms with Gasteiger partial charge in [-0.05, 0) is 61.6 Å². The average molecular weight is 355 g/mol. The maximum atomic E-state index is 12.9. The van der Waals surface area contributed by atoms with Gasteiger partial charge < -0.3 is 10.6 Å². The molecular weight excluding hydrogens is 327 g/mol. The third-order valence-electron chi connectivity index (χ3n) is 5.79. The summed E-state index contributed by atoms with van der Waals surface area (Å²) in [5.74, 6) is 1.24. The van der Waals surface area contributed by atoms with E-state index < -0.39 is 0 Å². The lowest BCUT2D eigenvalue weighted by Gasteiger charge is -2.44. The minimum absolute atomic E-state index is 0. The molecule has 2 bridgehead atoms. The summed E-state index contributed by atoms with van der Waals surface area (Å²) in [4.78, 5) is 14.6. The van der Waals surface area contributed by atoms with Gasteiger partial charge in [0.2, 0.25) is 5.91 Å². The van der Waals surface area contributed by atoms with Crippen LogP contribution in [0.25, 0.3) is 0 Å². The molecule has 24 heavy (non-hydrogen) atoms. The van der Waals surface area contributed by atoms with Crippen molar-refractivity contribution in [2.45, 2.75) is 44.6 Å². The van der Waals surface area contributed by atoms with E-state index in [1.165, 1.54) is 31.4 Å². The number of hydrogen-bond acceptors (Lipinski definition) is 2. The van der Waals surface area contributed by atoms with Gasteiger partial charge in [-0.1, -0.05) is 18.6 Å². The Morgan fingerprint density at radius 2 is 1.79 bits per heavy atom. The van der Waals surface area contributed by atoms with Crippen molar-refractivity contribution in [3.63, 3.8) is 0 Å². The summed E-state index contributed by atoms with van der Waals surface area (Å²) in [6.07, 6.45) is 6.31. The number of fused-ring (bicyclic) bond motifs is 2. The van der Waals surface area contributed by atoms with E-state index in [0.29, 0.717) is 24.4 Å². The van der Waals surface area contributed by atoms with Gasteiger partial charge in [0.15, 0.2) is 0 Å². The second kappa shape index (κ2) is 8.30. The van der Waals surface area contributed by atoms with Crippen LogP contribution >= 0.6 is 12.4 Å². The molecule has 2 aliphatic carbocycles. The molecule has 0 spiro atoms. The fourth-order valence-electron chi connectivity index (χ4n) is 4.36. The van der Waals surface area contributed by atoms with Crippen molar-refractivity contribution in [1.29, 1.82) is 0 Å².